The van der Waals surface area contributed by atoms with E-state index >= 15 is 0 Å². The Morgan fingerprint density at radius 1 is 1.05 bits per heavy atom. The number of anilines is 1. The molecule has 108 valence electrons. The zero-order chi connectivity index (χ0) is 14.5. The highest BCUT2D eigenvalue weighted by Gasteiger charge is 2.05. The van der Waals surface area contributed by atoms with E-state index in [1.807, 2.05) is 40.0 Å². The van der Waals surface area contributed by atoms with Gasteiger partial charge in [-0.05, 0) is 30.7 Å². The summed E-state index contributed by atoms with van der Waals surface area (Å²) >= 11 is 0. The van der Waals surface area contributed by atoms with Gasteiger partial charge >= 0.3 is 0 Å². The zero-order valence-corrected chi connectivity index (χ0v) is 12.1. The molecule has 0 aliphatic carbocycles. The summed E-state index contributed by atoms with van der Waals surface area (Å²) in [4.78, 5) is 0. The number of aromatic nitrogens is 4. The minimum Gasteiger partial charge on any atom is -0.379 e. The zero-order valence-electron chi connectivity index (χ0n) is 12.1. The van der Waals surface area contributed by atoms with Gasteiger partial charge in [-0.2, -0.15) is 10.2 Å². The van der Waals surface area contributed by atoms with Crippen LogP contribution in [-0.4, -0.2) is 19.6 Å². The molecule has 5 nitrogen and oxygen atoms in total. The number of para-hydroxylation sites is 1. The van der Waals surface area contributed by atoms with Gasteiger partial charge in [0, 0.05) is 30.8 Å². The van der Waals surface area contributed by atoms with Crippen LogP contribution in [0.5, 0.6) is 0 Å². The molecule has 0 saturated carbocycles. The topological polar surface area (TPSA) is 47.7 Å². The molecule has 0 saturated heterocycles. The maximum Gasteiger partial charge on any atom is 0.0679 e. The molecule has 0 unspecified atom stereocenters. The second-order valence-corrected chi connectivity index (χ2v) is 4.85. The number of nitrogens with zero attached hydrogens (tertiary/aromatic N) is 4. The summed E-state index contributed by atoms with van der Waals surface area (Å²) < 4.78 is 3.93. The van der Waals surface area contributed by atoms with Gasteiger partial charge < -0.3 is 5.32 Å². The van der Waals surface area contributed by atoms with E-state index < -0.39 is 0 Å². The van der Waals surface area contributed by atoms with Gasteiger partial charge in [-0.15, -0.1) is 0 Å². The fourth-order valence-corrected chi connectivity index (χ4v) is 2.38. The van der Waals surface area contributed by atoms with E-state index in [1.165, 1.54) is 11.3 Å². The SMILES string of the molecule is CCn1nccc1CNc1ccccc1Cn1cccn1. The summed E-state index contributed by atoms with van der Waals surface area (Å²) in [6.07, 6.45) is 5.62. The molecule has 0 aliphatic rings. The Kier molecular flexibility index (Phi) is 4.00. The lowest BCUT2D eigenvalue weighted by molar-refractivity contribution is 0.627. The molecule has 0 aliphatic heterocycles. The van der Waals surface area contributed by atoms with Crippen molar-refractivity contribution in [3.63, 3.8) is 0 Å². The number of benzene rings is 1. The maximum absolute atomic E-state index is 4.29. The average Bonchev–Trinajstić information content (AvgIpc) is 3.17. The molecule has 0 radical (unpaired) electrons. The molecule has 0 bridgehead atoms. The van der Waals surface area contributed by atoms with Crippen LogP contribution in [0.4, 0.5) is 5.69 Å². The van der Waals surface area contributed by atoms with Gasteiger partial charge in [0.05, 0.1) is 18.8 Å². The molecule has 3 aromatic rings. The number of nitrogens with one attached hydrogen (secondary N) is 1. The summed E-state index contributed by atoms with van der Waals surface area (Å²) in [5, 5.41) is 12.1. The average molecular weight is 281 g/mol. The van der Waals surface area contributed by atoms with Crippen LogP contribution in [0.1, 0.15) is 18.2 Å². The van der Waals surface area contributed by atoms with E-state index in [2.05, 4.69) is 40.6 Å². The number of rotatable bonds is 6. The lowest BCUT2D eigenvalue weighted by Gasteiger charge is -2.13. The molecule has 0 fully saturated rings. The van der Waals surface area contributed by atoms with Gasteiger partial charge in [-0.25, -0.2) is 0 Å². The molecule has 2 aromatic heterocycles. The number of hydrogen-bond acceptors (Lipinski definition) is 3. The van der Waals surface area contributed by atoms with E-state index in [9.17, 15) is 0 Å². The van der Waals surface area contributed by atoms with E-state index in [-0.39, 0.29) is 0 Å². The minimum absolute atomic E-state index is 0.767. The first-order valence-electron chi connectivity index (χ1n) is 7.16. The van der Waals surface area contributed by atoms with Crippen molar-refractivity contribution in [3.8, 4) is 0 Å². The van der Waals surface area contributed by atoms with E-state index in [4.69, 9.17) is 0 Å². The molecule has 0 amide bonds. The van der Waals surface area contributed by atoms with E-state index in [0.717, 1.165) is 25.3 Å². The van der Waals surface area contributed by atoms with Crippen LogP contribution < -0.4 is 5.32 Å². The van der Waals surface area contributed by atoms with Crippen LogP contribution >= 0.6 is 0 Å². The molecule has 21 heavy (non-hydrogen) atoms. The number of hydrogen-bond donors (Lipinski definition) is 1. The summed E-state index contributed by atoms with van der Waals surface area (Å²) in [6.45, 7) is 4.52. The van der Waals surface area contributed by atoms with Crippen molar-refractivity contribution in [2.75, 3.05) is 5.32 Å². The molecular formula is C16H19N5. The summed E-state index contributed by atoms with van der Waals surface area (Å²) in [5.74, 6) is 0. The Morgan fingerprint density at radius 2 is 1.95 bits per heavy atom. The van der Waals surface area contributed by atoms with Crippen LogP contribution in [0.2, 0.25) is 0 Å². The van der Waals surface area contributed by atoms with Gasteiger partial charge in [0.15, 0.2) is 0 Å². The smallest absolute Gasteiger partial charge is 0.0679 e. The minimum atomic E-state index is 0.767. The van der Waals surface area contributed by atoms with E-state index in [0.29, 0.717) is 0 Å². The van der Waals surface area contributed by atoms with Crippen LogP contribution in [0.3, 0.4) is 0 Å². The Labute approximate surface area is 124 Å². The fourth-order valence-electron chi connectivity index (χ4n) is 2.38. The Balaban J connectivity index is 1.73. The highest BCUT2D eigenvalue weighted by Crippen LogP contribution is 2.17. The first-order valence-corrected chi connectivity index (χ1v) is 7.16. The normalized spacial score (nSPS) is 10.7. The van der Waals surface area contributed by atoms with Crippen molar-refractivity contribution in [2.24, 2.45) is 0 Å². The van der Waals surface area contributed by atoms with Gasteiger partial charge in [0.25, 0.3) is 0 Å². The quantitative estimate of drug-likeness (QED) is 0.756. The van der Waals surface area contributed by atoms with Gasteiger partial charge in [0.2, 0.25) is 0 Å². The molecular weight excluding hydrogens is 262 g/mol. The van der Waals surface area contributed by atoms with Crippen molar-refractivity contribution < 1.29 is 0 Å². The van der Waals surface area contributed by atoms with Gasteiger partial charge in [-0.3, -0.25) is 9.36 Å². The third-order valence-corrected chi connectivity index (χ3v) is 3.47. The summed E-state index contributed by atoms with van der Waals surface area (Å²) in [6, 6.07) is 12.3. The van der Waals surface area contributed by atoms with Crippen LogP contribution in [-0.2, 0) is 19.6 Å². The van der Waals surface area contributed by atoms with Crippen LogP contribution in [0, 0.1) is 0 Å². The van der Waals surface area contributed by atoms with Crippen LogP contribution in [0.15, 0.2) is 55.0 Å². The second kappa shape index (κ2) is 6.26. The van der Waals surface area contributed by atoms with E-state index in [1.54, 1.807) is 6.20 Å². The van der Waals surface area contributed by atoms with Crippen molar-refractivity contribution in [1.29, 1.82) is 0 Å². The lowest BCUT2D eigenvalue weighted by atomic mass is 10.1. The van der Waals surface area contributed by atoms with Crippen molar-refractivity contribution in [3.05, 3.63) is 66.2 Å². The molecule has 2 heterocycles. The molecule has 3 rings (SSSR count). The molecule has 0 atom stereocenters. The first-order chi connectivity index (χ1) is 10.4. The van der Waals surface area contributed by atoms with Gasteiger partial charge in [-0.1, -0.05) is 18.2 Å². The summed E-state index contributed by atoms with van der Waals surface area (Å²) in [5.41, 5.74) is 3.55. The highest BCUT2D eigenvalue weighted by molar-refractivity contribution is 5.51. The Hall–Kier alpha value is -2.56. The first kappa shape index (κ1) is 13.4. The third kappa shape index (κ3) is 3.13. The Morgan fingerprint density at radius 3 is 2.76 bits per heavy atom. The largest absolute Gasteiger partial charge is 0.379 e. The predicted molar refractivity (Wildman–Crippen MR) is 83.0 cm³/mol. The predicted octanol–water partition coefficient (Wildman–Crippen LogP) is 2.76. The summed E-state index contributed by atoms with van der Waals surface area (Å²) in [7, 11) is 0. The van der Waals surface area contributed by atoms with Gasteiger partial charge in [0.1, 0.15) is 0 Å². The second-order valence-electron chi connectivity index (χ2n) is 4.85. The number of aryl methyl sites for hydroxylation is 1. The molecule has 5 heteroatoms. The molecule has 1 N–H and O–H groups in total. The third-order valence-electron chi connectivity index (χ3n) is 3.47. The standard InChI is InChI=1S/C16H19N5/c1-2-21-15(8-10-19-21)12-17-16-7-4-3-6-14(16)13-20-11-5-9-18-20/h3-11,17H,2,12-13H2,1H3. The molecule has 1 aromatic carbocycles. The fraction of sp³-hybridized carbons (Fsp3) is 0.250. The molecule has 0 spiro atoms. The monoisotopic (exact) mass is 281 g/mol. The highest BCUT2D eigenvalue weighted by atomic mass is 15.3. The maximum atomic E-state index is 4.29. The lowest BCUT2D eigenvalue weighted by Crippen LogP contribution is -2.10. The van der Waals surface area contributed by atoms with Crippen molar-refractivity contribution in [1.82, 2.24) is 19.6 Å². The van der Waals surface area contributed by atoms with Crippen molar-refractivity contribution in [2.45, 2.75) is 26.6 Å². The van der Waals surface area contributed by atoms with Crippen LogP contribution in [0.25, 0.3) is 0 Å². The Bertz CT molecular complexity index is 684. The van der Waals surface area contributed by atoms with Crippen molar-refractivity contribution >= 4 is 5.69 Å².